The van der Waals surface area contributed by atoms with Crippen LogP contribution in [0, 0.1) is 0 Å². The molecule has 3 N–H and O–H groups in total. The average molecular weight is 412 g/mol. The number of aliphatic carboxylic acids is 1. The lowest BCUT2D eigenvalue weighted by Gasteiger charge is -2.09. The van der Waals surface area contributed by atoms with Crippen molar-refractivity contribution in [3.63, 3.8) is 0 Å². The van der Waals surface area contributed by atoms with Crippen molar-refractivity contribution in [3.05, 3.63) is 59.2 Å². The van der Waals surface area contributed by atoms with Crippen LogP contribution in [0.1, 0.15) is 29.5 Å². The van der Waals surface area contributed by atoms with Gasteiger partial charge in [0.2, 0.25) is 0 Å². The van der Waals surface area contributed by atoms with Crippen molar-refractivity contribution in [1.29, 1.82) is 0 Å². The maximum Gasteiger partial charge on any atom is 0.407 e. The largest absolute Gasteiger partial charge is 0.480 e. The van der Waals surface area contributed by atoms with Crippen molar-refractivity contribution in [2.24, 2.45) is 0 Å². The quantitative estimate of drug-likeness (QED) is 0.441. The number of carbonyl (C=O) groups is 4. The highest BCUT2D eigenvalue weighted by atomic mass is 16.5. The molecule has 0 saturated carbocycles. The highest BCUT2D eigenvalue weighted by Crippen LogP contribution is 2.38. The molecule has 1 fully saturated rings. The molecule has 4 rings (SSSR count). The molecule has 1 aliphatic carbocycles. The predicted molar refractivity (Wildman–Crippen MR) is 103 cm³/mol. The predicted octanol–water partition coefficient (Wildman–Crippen LogP) is 2.09. The molecule has 0 spiro atoms. The molecule has 9 heteroatoms. The first-order valence-electron chi connectivity index (χ1n) is 9.23. The van der Waals surface area contributed by atoms with Crippen LogP contribution in [0.5, 0.6) is 0 Å². The molecule has 9 nitrogen and oxygen atoms in total. The van der Waals surface area contributed by atoms with Gasteiger partial charge in [-0.1, -0.05) is 42.5 Å². The summed E-state index contributed by atoms with van der Waals surface area (Å²) in [6, 6.07) is 14.1. The van der Waals surface area contributed by atoms with Gasteiger partial charge in [0.25, 0.3) is 11.8 Å². The number of benzene rings is 2. The molecule has 3 amide bonds. The third-order valence-electron chi connectivity index (χ3n) is 4.72. The summed E-state index contributed by atoms with van der Waals surface area (Å²) in [5.74, 6) is -2.11. The van der Waals surface area contributed by atoms with Crippen LogP contribution in [0.25, 0.3) is 11.1 Å². The topological polar surface area (TPSA) is 133 Å². The molecular formula is C21H20N2O7. The minimum Gasteiger partial charge on any atom is -0.480 e. The van der Waals surface area contributed by atoms with E-state index in [-0.39, 0.29) is 24.5 Å². The number of rotatable bonds is 4. The zero-order chi connectivity index (χ0) is 21.7. The summed E-state index contributed by atoms with van der Waals surface area (Å²) < 4.78 is 5.09. The van der Waals surface area contributed by atoms with E-state index < -0.39 is 30.4 Å². The van der Waals surface area contributed by atoms with Gasteiger partial charge in [-0.05, 0) is 34.2 Å². The number of carboxylic acid groups (broad SMARTS) is 1. The van der Waals surface area contributed by atoms with Gasteiger partial charge in [-0.15, -0.1) is 0 Å². The Bertz CT molecular complexity index is 987. The fourth-order valence-electron chi connectivity index (χ4n) is 3.27. The number of nitrogens with zero attached hydrogens (tertiary/aromatic N) is 1. The Hall–Kier alpha value is -3.72. The summed E-state index contributed by atoms with van der Waals surface area (Å²) in [5.41, 5.74) is 5.76. The molecule has 156 valence electrons. The summed E-state index contributed by atoms with van der Waals surface area (Å²) in [4.78, 5) is 42.3. The van der Waals surface area contributed by atoms with Crippen molar-refractivity contribution < 1.29 is 34.2 Å². The van der Waals surface area contributed by atoms with Gasteiger partial charge in [-0.2, -0.15) is 5.06 Å². The molecule has 1 saturated heterocycles. The molecule has 0 atom stereocenters. The molecule has 0 unspecified atom stereocenters. The Morgan fingerprint density at radius 1 is 1.00 bits per heavy atom. The molecule has 2 aromatic carbocycles. The Morgan fingerprint density at radius 3 is 2.30 bits per heavy atom. The molecule has 0 aromatic heterocycles. The van der Waals surface area contributed by atoms with Gasteiger partial charge < -0.3 is 15.2 Å². The summed E-state index contributed by atoms with van der Waals surface area (Å²) in [6.45, 7) is -0.320. The fraction of sp³-hybridized carbons (Fsp3) is 0.238. The smallest absolute Gasteiger partial charge is 0.407 e. The second kappa shape index (κ2) is 9.19. The Balaban J connectivity index is 0.000000269. The molecule has 1 heterocycles. The average Bonchev–Trinajstić information content (AvgIpc) is 3.26. The summed E-state index contributed by atoms with van der Waals surface area (Å²) in [7, 11) is 0. The Kier molecular flexibility index (Phi) is 6.43. The van der Waals surface area contributed by atoms with E-state index in [2.05, 4.69) is 23.5 Å². The molecular weight excluding hydrogens is 392 g/mol. The van der Waals surface area contributed by atoms with Crippen molar-refractivity contribution in [1.82, 2.24) is 10.4 Å². The molecule has 2 aromatic rings. The van der Waals surface area contributed by atoms with Crippen LogP contribution < -0.4 is 5.32 Å². The molecule has 2 aliphatic rings. The lowest BCUT2D eigenvalue weighted by Crippen LogP contribution is -2.29. The van der Waals surface area contributed by atoms with E-state index in [0.717, 1.165) is 17.5 Å². The number of hydroxylamine groups is 2. The van der Waals surface area contributed by atoms with Gasteiger partial charge in [-0.3, -0.25) is 19.6 Å². The van der Waals surface area contributed by atoms with Crippen LogP contribution in [0.3, 0.4) is 0 Å². The van der Waals surface area contributed by atoms with Crippen LogP contribution in [0.2, 0.25) is 0 Å². The first kappa shape index (κ1) is 21.0. The van der Waals surface area contributed by atoms with Crippen molar-refractivity contribution in [3.8, 4) is 11.1 Å². The molecule has 1 aliphatic heterocycles. The summed E-state index contributed by atoms with van der Waals surface area (Å²) in [6.07, 6.45) is 0.391. The highest BCUT2D eigenvalue weighted by Gasteiger charge is 2.26. The Morgan fingerprint density at radius 2 is 1.67 bits per heavy atom. The summed E-state index contributed by atoms with van der Waals surface area (Å²) >= 11 is 0. The molecule has 30 heavy (non-hydrogen) atoms. The Labute approximate surface area is 171 Å². The fourth-order valence-corrected chi connectivity index (χ4v) is 3.27. The zero-order valence-electron chi connectivity index (χ0n) is 16.0. The number of nitrogens with one attached hydrogen (secondary N) is 1. The van der Waals surface area contributed by atoms with Crippen LogP contribution in [0.15, 0.2) is 42.5 Å². The second-order valence-electron chi connectivity index (χ2n) is 6.70. The third kappa shape index (κ3) is 4.81. The van der Waals surface area contributed by atoms with Crippen LogP contribution in [-0.2, 0) is 32.1 Å². The third-order valence-corrected chi connectivity index (χ3v) is 4.72. The normalized spacial score (nSPS) is 13.8. The minimum atomic E-state index is -1.10. The summed E-state index contributed by atoms with van der Waals surface area (Å²) in [5, 5.41) is 19.2. The van der Waals surface area contributed by atoms with E-state index in [1.165, 1.54) is 16.7 Å². The lowest BCUT2D eigenvalue weighted by molar-refractivity contribution is -0.171. The van der Waals surface area contributed by atoms with E-state index >= 15 is 0 Å². The standard InChI is InChI=1S/C17H15NO4.C4H5NO3/c19-16(20)9-18-17(21)22-10-12-5-3-7-14-13-6-2-1-4-11(13)8-15(12)14;6-3-1-2-4(7)5(3)8/h1-7H,8-10H2,(H,18,21)(H,19,20);8H,1-2H2. The van der Waals surface area contributed by atoms with Crippen LogP contribution in [-0.4, -0.2) is 45.8 Å². The zero-order valence-corrected chi connectivity index (χ0v) is 16.0. The van der Waals surface area contributed by atoms with Gasteiger partial charge in [-0.25, -0.2) is 4.79 Å². The second-order valence-corrected chi connectivity index (χ2v) is 6.70. The van der Waals surface area contributed by atoms with Gasteiger partial charge in [0.15, 0.2) is 0 Å². The number of fused-ring (bicyclic) bond motifs is 3. The van der Waals surface area contributed by atoms with Gasteiger partial charge in [0.05, 0.1) is 0 Å². The van der Waals surface area contributed by atoms with E-state index in [4.69, 9.17) is 15.1 Å². The van der Waals surface area contributed by atoms with Crippen LogP contribution in [0.4, 0.5) is 4.79 Å². The van der Waals surface area contributed by atoms with Crippen LogP contribution >= 0.6 is 0 Å². The van der Waals surface area contributed by atoms with Crippen molar-refractivity contribution in [2.75, 3.05) is 6.54 Å². The maximum atomic E-state index is 11.4. The van der Waals surface area contributed by atoms with E-state index in [1.54, 1.807) is 0 Å². The highest BCUT2D eigenvalue weighted by molar-refractivity contribution is 6.00. The number of alkyl carbamates (subject to hydrolysis) is 1. The minimum absolute atomic E-state index is 0.128. The van der Waals surface area contributed by atoms with E-state index in [9.17, 15) is 19.2 Å². The SMILES string of the molecule is O=C(O)CNC(=O)OCc1cccc2c1Cc1ccccc1-2.O=C1CCC(=O)N1O. The molecule has 0 bridgehead atoms. The molecule has 0 radical (unpaired) electrons. The van der Waals surface area contributed by atoms with Gasteiger partial charge in [0.1, 0.15) is 13.2 Å². The van der Waals surface area contributed by atoms with Crippen molar-refractivity contribution >= 4 is 23.9 Å². The van der Waals surface area contributed by atoms with E-state index in [0.29, 0.717) is 0 Å². The number of hydrogen-bond donors (Lipinski definition) is 3. The monoisotopic (exact) mass is 412 g/mol. The number of carbonyl (C=O) groups excluding carboxylic acids is 3. The first-order chi connectivity index (χ1) is 14.4. The number of ether oxygens (including phenoxy) is 1. The van der Waals surface area contributed by atoms with Gasteiger partial charge >= 0.3 is 12.1 Å². The lowest BCUT2D eigenvalue weighted by atomic mass is 10.0. The number of hydrogen-bond acceptors (Lipinski definition) is 6. The number of carboxylic acids is 1. The van der Waals surface area contributed by atoms with Gasteiger partial charge in [0, 0.05) is 12.8 Å². The first-order valence-corrected chi connectivity index (χ1v) is 9.23. The number of amides is 3. The maximum absolute atomic E-state index is 11.4. The van der Waals surface area contributed by atoms with E-state index in [1.807, 2.05) is 24.3 Å². The number of imide groups is 1. The van der Waals surface area contributed by atoms with Crippen molar-refractivity contribution in [2.45, 2.75) is 25.9 Å².